The molecule has 154 valence electrons. The number of hydrogen-bond acceptors (Lipinski definition) is 5. The van der Waals surface area contributed by atoms with Crippen LogP contribution in [0.3, 0.4) is 0 Å². The molecule has 1 aliphatic carbocycles. The first-order chi connectivity index (χ1) is 14.6. The predicted molar refractivity (Wildman–Crippen MR) is 120 cm³/mol. The molecule has 0 saturated heterocycles. The number of anilines is 1. The minimum absolute atomic E-state index is 0.151. The average molecular weight is 485 g/mol. The van der Waals surface area contributed by atoms with Crippen molar-refractivity contribution in [2.24, 2.45) is 0 Å². The van der Waals surface area contributed by atoms with Crippen LogP contribution in [-0.2, 0) is 4.79 Å². The number of halogens is 1. The summed E-state index contributed by atoms with van der Waals surface area (Å²) >= 11 is 4.89. The number of aromatic nitrogens is 2. The van der Waals surface area contributed by atoms with Gasteiger partial charge in [-0.25, -0.2) is 4.98 Å². The lowest BCUT2D eigenvalue weighted by atomic mass is 10.1. The van der Waals surface area contributed by atoms with Crippen molar-refractivity contribution < 1.29 is 9.59 Å². The summed E-state index contributed by atoms with van der Waals surface area (Å²) in [5.41, 5.74) is 0.810. The van der Waals surface area contributed by atoms with Gasteiger partial charge in [-0.05, 0) is 48.6 Å². The van der Waals surface area contributed by atoms with Crippen LogP contribution >= 0.6 is 27.3 Å². The Bertz CT molecular complexity index is 990. The van der Waals surface area contributed by atoms with E-state index in [1.165, 1.54) is 34.8 Å². The molecule has 3 aromatic rings. The summed E-state index contributed by atoms with van der Waals surface area (Å²) in [6.07, 6.45) is 8.59. The van der Waals surface area contributed by atoms with Crippen LogP contribution in [0.15, 0.2) is 64.8 Å². The highest BCUT2D eigenvalue weighted by molar-refractivity contribution is 9.10. The van der Waals surface area contributed by atoms with Crippen molar-refractivity contribution in [3.05, 3.63) is 75.4 Å². The molecule has 2 heterocycles. The fraction of sp³-hybridized carbons (Fsp3) is 0.273. The highest BCUT2D eigenvalue weighted by Gasteiger charge is 2.36. The number of nitrogens with zero attached hydrogens (tertiary/aromatic N) is 3. The van der Waals surface area contributed by atoms with Gasteiger partial charge in [-0.2, -0.15) is 0 Å². The Kier molecular flexibility index (Phi) is 6.54. The third-order valence-corrected chi connectivity index (χ3v) is 6.58. The summed E-state index contributed by atoms with van der Waals surface area (Å²) in [5, 5.41) is 5.08. The zero-order valence-corrected chi connectivity index (χ0v) is 18.6. The van der Waals surface area contributed by atoms with Gasteiger partial charge in [-0.15, -0.1) is 11.3 Å². The normalized spacial score (nSPS) is 15.0. The summed E-state index contributed by atoms with van der Waals surface area (Å²) in [4.78, 5) is 37.5. The Morgan fingerprint density at radius 3 is 2.53 bits per heavy atom. The third kappa shape index (κ3) is 4.60. The summed E-state index contributed by atoms with van der Waals surface area (Å²) in [6, 6.07) is 10.5. The smallest absolute Gasteiger partial charge is 0.279 e. The number of amides is 2. The molecule has 6 nitrogen and oxygen atoms in total. The molecule has 1 aliphatic rings. The topological polar surface area (TPSA) is 75.2 Å². The first-order valence-electron chi connectivity index (χ1n) is 9.82. The van der Waals surface area contributed by atoms with E-state index in [2.05, 4.69) is 31.2 Å². The van der Waals surface area contributed by atoms with Gasteiger partial charge in [-0.3, -0.25) is 19.5 Å². The monoisotopic (exact) mass is 484 g/mol. The maximum atomic E-state index is 13.5. The molecule has 0 spiro atoms. The fourth-order valence-corrected chi connectivity index (χ4v) is 4.77. The number of hydrogen-bond donors (Lipinski definition) is 1. The minimum Gasteiger partial charge on any atom is -0.351 e. The van der Waals surface area contributed by atoms with Crippen LogP contribution in [0.1, 0.15) is 47.1 Å². The van der Waals surface area contributed by atoms with Crippen LogP contribution in [0.5, 0.6) is 0 Å². The van der Waals surface area contributed by atoms with Crippen LogP contribution in [-0.4, -0.2) is 27.8 Å². The van der Waals surface area contributed by atoms with Gasteiger partial charge in [-0.1, -0.05) is 34.8 Å². The van der Waals surface area contributed by atoms with Crippen molar-refractivity contribution >= 4 is 44.8 Å². The van der Waals surface area contributed by atoms with Crippen LogP contribution < -0.4 is 10.2 Å². The van der Waals surface area contributed by atoms with E-state index in [9.17, 15) is 9.59 Å². The van der Waals surface area contributed by atoms with E-state index < -0.39 is 6.04 Å². The van der Waals surface area contributed by atoms with E-state index in [1.807, 2.05) is 41.8 Å². The fourth-order valence-electron chi connectivity index (χ4n) is 3.69. The Labute approximate surface area is 187 Å². The lowest BCUT2D eigenvalue weighted by Crippen LogP contribution is -2.46. The first kappa shape index (κ1) is 20.7. The van der Waals surface area contributed by atoms with Gasteiger partial charge in [0.1, 0.15) is 5.69 Å². The summed E-state index contributed by atoms with van der Waals surface area (Å²) < 4.78 is 0.890. The Hall–Kier alpha value is -2.58. The van der Waals surface area contributed by atoms with Gasteiger partial charge < -0.3 is 5.32 Å². The molecule has 1 N–H and O–H groups in total. The summed E-state index contributed by atoms with van der Waals surface area (Å²) in [5.74, 6) is -0.546. The standard InChI is InChI=1S/C22H21BrN4O2S/c23-15-7-9-17(10-8-15)27(22(29)18-14-24-11-12-25-18)20(19-6-3-13-30-19)21(28)26-16-4-1-2-5-16/h3,6-14,16,20H,1-2,4-5H2,(H,26,28). The zero-order valence-electron chi connectivity index (χ0n) is 16.2. The zero-order chi connectivity index (χ0) is 20.9. The number of carbonyl (C=O) groups excluding carboxylic acids is 2. The summed E-state index contributed by atoms with van der Waals surface area (Å²) in [6.45, 7) is 0. The van der Waals surface area contributed by atoms with Gasteiger partial charge in [0.25, 0.3) is 5.91 Å². The number of rotatable bonds is 6. The molecule has 0 bridgehead atoms. The quantitative estimate of drug-likeness (QED) is 0.547. The Morgan fingerprint density at radius 1 is 1.13 bits per heavy atom. The number of thiophene rings is 1. The molecule has 0 radical (unpaired) electrons. The molecule has 30 heavy (non-hydrogen) atoms. The third-order valence-electron chi connectivity index (χ3n) is 5.13. The van der Waals surface area contributed by atoms with Crippen molar-refractivity contribution in [3.8, 4) is 0 Å². The van der Waals surface area contributed by atoms with E-state index in [1.54, 1.807) is 0 Å². The molecular formula is C22H21BrN4O2S. The van der Waals surface area contributed by atoms with Crippen molar-refractivity contribution in [2.45, 2.75) is 37.8 Å². The Balaban J connectivity index is 1.77. The van der Waals surface area contributed by atoms with Gasteiger partial charge in [0.2, 0.25) is 5.91 Å². The van der Waals surface area contributed by atoms with E-state index in [0.29, 0.717) is 5.69 Å². The average Bonchev–Trinajstić information content (AvgIpc) is 3.47. The number of benzene rings is 1. The van der Waals surface area contributed by atoms with Crippen molar-refractivity contribution in [2.75, 3.05) is 4.90 Å². The first-order valence-corrected chi connectivity index (χ1v) is 11.5. The molecule has 2 amide bonds. The molecule has 0 aliphatic heterocycles. The van der Waals surface area contributed by atoms with Crippen LogP contribution in [0.2, 0.25) is 0 Å². The largest absolute Gasteiger partial charge is 0.351 e. The molecule has 8 heteroatoms. The van der Waals surface area contributed by atoms with Gasteiger partial charge in [0, 0.05) is 33.5 Å². The lowest BCUT2D eigenvalue weighted by molar-refractivity contribution is -0.123. The molecule has 4 rings (SSSR count). The highest BCUT2D eigenvalue weighted by Crippen LogP contribution is 2.33. The number of carbonyl (C=O) groups is 2. The molecule has 1 unspecified atom stereocenters. The van der Waals surface area contributed by atoms with Crippen molar-refractivity contribution in [3.63, 3.8) is 0 Å². The van der Waals surface area contributed by atoms with E-state index in [0.717, 1.165) is 35.0 Å². The van der Waals surface area contributed by atoms with E-state index >= 15 is 0 Å². The van der Waals surface area contributed by atoms with Gasteiger partial charge >= 0.3 is 0 Å². The minimum atomic E-state index is -0.790. The SMILES string of the molecule is O=C(NC1CCCC1)C(c1cccs1)N(C(=O)c1cnccn1)c1ccc(Br)cc1. The Morgan fingerprint density at radius 2 is 1.90 bits per heavy atom. The summed E-state index contributed by atoms with van der Waals surface area (Å²) in [7, 11) is 0. The predicted octanol–water partition coefficient (Wildman–Crippen LogP) is 4.75. The second-order valence-electron chi connectivity index (χ2n) is 7.15. The van der Waals surface area contributed by atoms with Gasteiger partial charge in [0.05, 0.1) is 6.20 Å². The molecular weight excluding hydrogens is 464 g/mol. The maximum Gasteiger partial charge on any atom is 0.279 e. The molecule has 1 saturated carbocycles. The molecule has 1 aromatic carbocycles. The van der Waals surface area contributed by atoms with Crippen molar-refractivity contribution in [1.29, 1.82) is 0 Å². The molecule has 1 fully saturated rings. The highest BCUT2D eigenvalue weighted by atomic mass is 79.9. The van der Waals surface area contributed by atoms with Crippen LogP contribution in [0.4, 0.5) is 5.69 Å². The van der Waals surface area contributed by atoms with E-state index in [-0.39, 0.29) is 23.6 Å². The number of nitrogens with one attached hydrogen (secondary N) is 1. The van der Waals surface area contributed by atoms with Crippen LogP contribution in [0, 0.1) is 0 Å². The molecule has 1 atom stereocenters. The van der Waals surface area contributed by atoms with E-state index in [4.69, 9.17) is 0 Å². The maximum absolute atomic E-state index is 13.5. The molecule has 2 aromatic heterocycles. The second kappa shape index (κ2) is 9.49. The lowest BCUT2D eigenvalue weighted by Gasteiger charge is -2.31. The van der Waals surface area contributed by atoms with Crippen molar-refractivity contribution in [1.82, 2.24) is 15.3 Å². The van der Waals surface area contributed by atoms with Gasteiger partial charge in [0.15, 0.2) is 6.04 Å². The second-order valence-corrected chi connectivity index (χ2v) is 9.05. The van der Waals surface area contributed by atoms with Crippen LogP contribution in [0.25, 0.3) is 0 Å².